The first kappa shape index (κ1) is 12.2. The number of pyridine rings is 2. The first-order valence-electron chi connectivity index (χ1n) is 5.58. The van der Waals surface area contributed by atoms with Crippen LogP contribution in [0.25, 0.3) is 0 Å². The van der Waals surface area contributed by atoms with Crippen LogP contribution in [0.3, 0.4) is 0 Å². The van der Waals surface area contributed by atoms with Gasteiger partial charge in [0.15, 0.2) is 5.78 Å². The number of nitrogens with two attached hydrogens (primary N) is 2. The molecule has 4 N–H and O–H groups in total. The SMILES string of the molecule is NCc1cc(C(=O)Cc2cccnc2N)ccn1. The van der Waals surface area contributed by atoms with E-state index in [0.717, 1.165) is 5.56 Å². The maximum absolute atomic E-state index is 12.1. The van der Waals surface area contributed by atoms with E-state index in [4.69, 9.17) is 11.5 Å². The number of rotatable bonds is 4. The largest absolute Gasteiger partial charge is 0.383 e. The number of ketones is 1. The molecule has 0 atom stereocenters. The number of nitrogen functional groups attached to an aromatic ring is 1. The second-order valence-electron chi connectivity index (χ2n) is 3.89. The number of aromatic nitrogens is 2. The normalized spacial score (nSPS) is 10.3. The molecule has 0 saturated heterocycles. The van der Waals surface area contributed by atoms with Crippen molar-refractivity contribution < 1.29 is 4.79 Å². The van der Waals surface area contributed by atoms with Gasteiger partial charge in [0.05, 0.1) is 5.69 Å². The molecule has 92 valence electrons. The summed E-state index contributed by atoms with van der Waals surface area (Å²) in [7, 11) is 0. The molecule has 18 heavy (non-hydrogen) atoms. The van der Waals surface area contributed by atoms with Crippen LogP contribution in [-0.2, 0) is 13.0 Å². The fourth-order valence-corrected chi connectivity index (χ4v) is 1.64. The molecule has 0 radical (unpaired) electrons. The minimum absolute atomic E-state index is 0.0215. The van der Waals surface area contributed by atoms with E-state index < -0.39 is 0 Å². The molecule has 0 aliphatic heterocycles. The van der Waals surface area contributed by atoms with Crippen molar-refractivity contribution in [2.45, 2.75) is 13.0 Å². The summed E-state index contributed by atoms with van der Waals surface area (Å²) in [6.07, 6.45) is 3.41. The van der Waals surface area contributed by atoms with Gasteiger partial charge in [-0.05, 0) is 18.2 Å². The first-order chi connectivity index (χ1) is 8.70. The van der Waals surface area contributed by atoms with E-state index >= 15 is 0 Å². The average molecular weight is 242 g/mol. The van der Waals surface area contributed by atoms with Gasteiger partial charge in [0.1, 0.15) is 5.82 Å². The van der Waals surface area contributed by atoms with Crippen LogP contribution in [0.2, 0.25) is 0 Å². The van der Waals surface area contributed by atoms with E-state index in [9.17, 15) is 4.79 Å². The van der Waals surface area contributed by atoms with Crippen molar-refractivity contribution in [3.63, 3.8) is 0 Å². The van der Waals surface area contributed by atoms with Crippen LogP contribution in [-0.4, -0.2) is 15.8 Å². The van der Waals surface area contributed by atoms with Crippen LogP contribution in [0.15, 0.2) is 36.7 Å². The third kappa shape index (κ3) is 2.70. The van der Waals surface area contributed by atoms with E-state index in [2.05, 4.69) is 9.97 Å². The molecule has 0 aromatic carbocycles. The fraction of sp³-hybridized carbons (Fsp3) is 0.154. The van der Waals surface area contributed by atoms with Crippen molar-refractivity contribution in [2.75, 3.05) is 5.73 Å². The molecule has 0 aliphatic carbocycles. The van der Waals surface area contributed by atoms with Gasteiger partial charge in [0.2, 0.25) is 0 Å². The first-order valence-corrected chi connectivity index (χ1v) is 5.58. The van der Waals surface area contributed by atoms with Gasteiger partial charge in [-0.3, -0.25) is 9.78 Å². The molecular formula is C13H14N4O. The smallest absolute Gasteiger partial charge is 0.167 e. The van der Waals surface area contributed by atoms with Crippen molar-refractivity contribution >= 4 is 11.6 Å². The molecule has 2 rings (SSSR count). The number of hydrogen-bond donors (Lipinski definition) is 2. The van der Waals surface area contributed by atoms with Crippen molar-refractivity contribution in [1.29, 1.82) is 0 Å². The average Bonchev–Trinajstić information content (AvgIpc) is 2.41. The molecule has 2 aromatic rings. The number of hydrogen-bond acceptors (Lipinski definition) is 5. The molecular weight excluding hydrogens is 228 g/mol. The monoisotopic (exact) mass is 242 g/mol. The number of Topliss-reactive ketones (excluding diaryl/α,β-unsaturated/α-hetero) is 1. The molecule has 2 aromatic heterocycles. The zero-order chi connectivity index (χ0) is 13.0. The molecule has 0 unspecified atom stereocenters. The molecule has 0 bridgehead atoms. The number of nitrogens with zero attached hydrogens (tertiary/aromatic N) is 2. The second-order valence-corrected chi connectivity index (χ2v) is 3.89. The Balaban J connectivity index is 2.19. The highest BCUT2D eigenvalue weighted by Gasteiger charge is 2.10. The molecule has 0 amide bonds. The number of carbonyl (C=O) groups excluding carboxylic acids is 1. The van der Waals surface area contributed by atoms with E-state index in [1.165, 1.54) is 0 Å². The molecule has 0 saturated carbocycles. The lowest BCUT2D eigenvalue weighted by Crippen LogP contribution is -2.08. The minimum Gasteiger partial charge on any atom is -0.383 e. The molecule has 0 fully saturated rings. The minimum atomic E-state index is -0.0215. The molecule has 5 nitrogen and oxygen atoms in total. The molecule has 2 heterocycles. The summed E-state index contributed by atoms with van der Waals surface area (Å²) in [6, 6.07) is 6.94. The highest BCUT2D eigenvalue weighted by atomic mass is 16.1. The van der Waals surface area contributed by atoms with Crippen molar-refractivity contribution in [1.82, 2.24) is 9.97 Å². The lowest BCUT2D eigenvalue weighted by Gasteiger charge is -2.04. The van der Waals surface area contributed by atoms with Gasteiger partial charge in [-0.2, -0.15) is 0 Å². The topological polar surface area (TPSA) is 94.9 Å². The van der Waals surface area contributed by atoms with Crippen LogP contribution in [0.5, 0.6) is 0 Å². The van der Waals surface area contributed by atoms with Crippen molar-refractivity contribution in [3.05, 3.63) is 53.5 Å². The van der Waals surface area contributed by atoms with E-state index in [1.807, 2.05) is 0 Å². The van der Waals surface area contributed by atoms with E-state index in [1.54, 1.807) is 36.7 Å². The van der Waals surface area contributed by atoms with E-state index in [-0.39, 0.29) is 12.2 Å². The Morgan fingerprint density at radius 2 is 2.06 bits per heavy atom. The van der Waals surface area contributed by atoms with Gasteiger partial charge < -0.3 is 11.5 Å². The Bertz CT molecular complexity index is 568. The zero-order valence-electron chi connectivity index (χ0n) is 9.84. The fourth-order valence-electron chi connectivity index (χ4n) is 1.64. The van der Waals surface area contributed by atoms with Crippen molar-refractivity contribution in [3.8, 4) is 0 Å². The van der Waals surface area contributed by atoms with Crippen LogP contribution >= 0.6 is 0 Å². The van der Waals surface area contributed by atoms with Gasteiger partial charge in [-0.25, -0.2) is 4.98 Å². The summed E-state index contributed by atoms with van der Waals surface area (Å²) < 4.78 is 0. The summed E-state index contributed by atoms with van der Waals surface area (Å²) in [4.78, 5) is 20.1. The Hall–Kier alpha value is -2.27. The molecule has 5 heteroatoms. The highest BCUT2D eigenvalue weighted by molar-refractivity contribution is 5.98. The Morgan fingerprint density at radius 3 is 2.78 bits per heavy atom. The standard InChI is InChI=1S/C13H14N4O/c14-8-11-6-9(3-5-16-11)12(18)7-10-2-1-4-17-13(10)15/h1-6H,7-8,14H2,(H2,15,17). The van der Waals surface area contributed by atoms with Gasteiger partial charge >= 0.3 is 0 Å². The third-order valence-electron chi connectivity index (χ3n) is 2.62. The van der Waals surface area contributed by atoms with Gasteiger partial charge in [-0.1, -0.05) is 6.07 Å². The van der Waals surface area contributed by atoms with Crippen molar-refractivity contribution in [2.24, 2.45) is 5.73 Å². The van der Waals surface area contributed by atoms with E-state index in [0.29, 0.717) is 23.6 Å². The number of carbonyl (C=O) groups is 1. The third-order valence-corrected chi connectivity index (χ3v) is 2.62. The molecule has 0 spiro atoms. The summed E-state index contributed by atoms with van der Waals surface area (Å²) in [6.45, 7) is 0.316. The Morgan fingerprint density at radius 1 is 1.22 bits per heavy atom. The quantitative estimate of drug-likeness (QED) is 0.778. The summed E-state index contributed by atoms with van der Waals surface area (Å²) in [5.74, 6) is 0.366. The van der Waals surface area contributed by atoms with Crippen LogP contribution < -0.4 is 11.5 Å². The van der Waals surface area contributed by atoms with Gasteiger partial charge in [0, 0.05) is 36.5 Å². The zero-order valence-corrected chi connectivity index (χ0v) is 9.84. The maximum atomic E-state index is 12.1. The van der Waals surface area contributed by atoms with Gasteiger partial charge in [-0.15, -0.1) is 0 Å². The summed E-state index contributed by atoms with van der Waals surface area (Å²) >= 11 is 0. The maximum Gasteiger partial charge on any atom is 0.167 e. The summed E-state index contributed by atoms with van der Waals surface area (Å²) in [5.41, 5.74) is 13.2. The lowest BCUT2D eigenvalue weighted by atomic mass is 10.0. The Labute approximate surface area is 105 Å². The predicted octanol–water partition coefficient (Wildman–Crippen LogP) is 0.943. The summed E-state index contributed by atoms with van der Waals surface area (Å²) in [5, 5.41) is 0. The second kappa shape index (κ2) is 5.37. The lowest BCUT2D eigenvalue weighted by molar-refractivity contribution is 0.0993. The predicted molar refractivity (Wildman–Crippen MR) is 68.8 cm³/mol. The van der Waals surface area contributed by atoms with Gasteiger partial charge in [0.25, 0.3) is 0 Å². The number of anilines is 1. The molecule has 0 aliphatic rings. The van der Waals surface area contributed by atoms with Crippen LogP contribution in [0.1, 0.15) is 21.6 Å². The Kier molecular flexibility index (Phi) is 3.64. The van der Waals surface area contributed by atoms with Crippen LogP contribution in [0, 0.1) is 0 Å². The highest BCUT2D eigenvalue weighted by Crippen LogP contribution is 2.12. The van der Waals surface area contributed by atoms with Crippen LogP contribution in [0.4, 0.5) is 5.82 Å².